The second kappa shape index (κ2) is 5.38. The molecule has 0 amide bonds. The molecule has 98 valence electrons. The highest BCUT2D eigenvalue weighted by atomic mass is 31.1. The highest BCUT2D eigenvalue weighted by Crippen LogP contribution is 2.56. The third kappa shape index (κ3) is 3.46. The van der Waals surface area contributed by atoms with Crippen LogP contribution in [-0.2, 0) is 0 Å². The molecule has 0 N–H and O–H groups in total. The normalized spacial score (nSPS) is 15.4. The summed E-state index contributed by atoms with van der Waals surface area (Å²) in [5, 5.41) is 0.916. The molecular formula is C15H33P. The average Bonchev–Trinajstić information content (AvgIpc) is 2.14. The summed E-state index contributed by atoms with van der Waals surface area (Å²) in [7, 11) is 1.03. The summed E-state index contributed by atoms with van der Waals surface area (Å²) < 4.78 is 0. The van der Waals surface area contributed by atoms with Crippen LogP contribution in [0.2, 0.25) is 0 Å². The quantitative estimate of drug-likeness (QED) is 0.525. The van der Waals surface area contributed by atoms with Crippen LogP contribution < -0.4 is 0 Å². The standard InChI is InChI=1S/C15H33P/c1-10-15(9,11-2)14(7,8)16-13(5,6)12(3)4/h12,16H,10-11H2,1-9H3. The molecule has 0 bridgehead atoms. The van der Waals surface area contributed by atoms with Crippen molar-refractivity contribution in [2.75, 3.05) is 0 Å². The Kier molecular flexibility index (Phi) is 5.53. The lowest BCUT2D eigenvalue weighted by Crippen LogP contribution is -2.40. The number of hydrogen-bond donors (Lipinski definition) is 0. The van der Waals surface area contributed by atoms with Crippen LogP contribution in [-0.4, -0.2) is 10.3 Å². The summed E-state index contributed by atoms with van der Waals surface area (Å²) in [4.78, 5) is 0. The lowest BCUT2D eigenvalue weighted by Gasteiger charge is -2.48. The second-order valence-corrected chi connectivity index (χ2v) is 9.68. The number of rotatable bonds is 6. The molecule has 0 aromatic carbocycles. The van der Waals surface area contributed by atoms with Crippen molar-refractivity contribution < 1.29 is 0 Å². The van der Waals surface area contributed by atoms with E-state index in [1.54, 1.807) is 0 Å². The highest BCUT2D eigenvalue weighted by Gasteiger charge is 2.42. The molecule has 0 heterocycles. The molecule has 16 heavy (non-hydrogen) atoms. The fraction of sp³-hybridized carbons (Fsp3) is 1.00. The third-order valence-electron chi connectivity index (χ3n) is 5.15. The minimum atomic E-state index is 0.449. The van der Waals surface area contributed by atoms with Gasteiger partial charge in [0.15, 0.2) is 0 Å². The van der Waals surface area contributed by atoms with Gasteiger partial charge in [0.05, 0.1) is 0 Å². The Morgan fingerprint density at radius 1 is 0.875 bits per heavy atom. The number of hydrogen-bond acceptors (Lipinski definition) is 0. The molecule has 0 spiro atoms. The molecule has 0 aliphatic carbocycles. The summed E-state index contributed by atoms with van der Waals surface area (Å²) in [6, 6.07) is 0. The van der Waals surface area contributed by atoms with E-state index in [1.165, 1.54) is 12.8 Å². The molecule has 0 nitrogen and oxygen atoms in total. The highest BCUT2D eigenvalue weighted by molar-refractivity contribution is 7.41. The Bertz CT molecular complexity index is 209. The molecule has 0 aliphatic rings. The third-order valence-corrected chi connectivity index (χ3v) is 7.60. The largest absolute Gasteiger partial charge is 0.110 e. The van der Waals surface area contributed by atoms with Gasteiger partial charge in [-0.1, -0.05) is 62.3 Å². The Morgan fingerprint density at radius 3 is 1.50 bits per heavy atom. The van der Waals surface area contributed by atoms with Crippen LogP contribution in [0.15, 0.2) is 0 Å². The van der Waals surface area contributed by atoms with Crippen molar-refractivity contribution in [2.24, 2.45) is 11.3 Å². The minimum Gasteiger partial charge on any atom is -0.110 e. The average molecular weight is 244 g/mol. The van der Waals surface area contributed by atoms with E-state index in [9.17, 15) is 0 Å². The lowest BCUT2D eigenvalue weighted by molar-refractivity contribution is 0.223. The van der Waals surface area contributed by atoms with Crippen LogP contribution in [0.4, 0.5) is 0 Å². The van der Waals surface area contributed by atoms with E-state index >= 15 is 0 Å². The van der Waals surface area contributed by atoms with Crippen LogP contribution in [0.5, 0.6) is 0 Å². The van der Waals surface area contributed by atoms with Crippen LogP contribution in [0.25, 0.3) is 0 Å². The van der Waals surface area contributed by atoms with Gasteiger partial charge in [0.25, 0.3) is 0 Å². The molecule has 0 saturated heterocycles. The van der Waals surface area contributed by atoms with Gasteiger partial charge in [-0.2, -0.15) is 0 Å². The molecular weight excluding hydrogens is 211 g/mol. The Labute approximate surface area is 106 Å². The van der Waals surface area contributed by atoms with E-state index < -0.39 is 0 Å². The van der Waals surface area contributed by atoms with Crippen molar-refractivity contribution in [3.63, 3.8) is 0 Å². The zero-order valence-corrected chi connectivity index (χ0v) is 14.0. The predicted octanol–water partition coefficient (Wildman–Crippen LogP) is 5.70. The van der Waals surface area contributed by atoms with Crippen molar-refractivity contribution in [1.82, 2.24) is 0 Å². The molecule has 1 atom stereocenters. The fourth-order valence-corrected chi connectivity index (χ4v) is 4.79. The summed E-state index contributed by atoms with van der Waals surface area (Å²) in [6.07, 6.45) is 2.58. The van der Waals surface area contributed by atoms with Gasteiger partial charge in [-0.3, -0.25) is 0 Å². The van der Waals surface area contributed by atoms with Gasteiger partial charge in [0.1, 0.15) is 0 Å². The van der Waals surface area contributed by atoms with Crippen LogP contribution >= 0.6 is 8.58 Å². The monoisotopic (exact) mass is 244 g/mol. The maximum Gasteiger partial charge on any atom is -0.0120 e. The molecule has 1 unspecified atom stereocenters. The first-order valence-corrected chi connectivity index (χ1v) is 7.81. The molecule has 0 rings (SSSR count). The molecule has 1 heteroatoms. The van der Waals surface area contributed by atoms with E-state index in [-0.39, 0.29) is 0 Å². The smallest absolute Gasteiger partial charge is 0.0120 e. The van der Waals surface area contributed by atoms with Gasteiger partial charge >= 0.3 is 0 Å². The van der Waals surface area contributed by atoms with E-state index in [0.29, 0.717) is 15.7 Å². The lowest BCUT2D eigenvalue weighted by atomic mass is 9.74. The molecule has 0 fully saturated rings. The van der Waals surface area contributed by atoms with Gasteiger partial charge in [0, 0.05) is 0 Å². The van der Waals surface area contributed by atoms with Crippen LogP contribution in [0.1, 0.15) is 75.2 Å². The summed E-state index contributed by atoms with van der Waals surface area (Å²) in [5.41, 5.74) is 0.484. The van der Waals surface area contributed by atoms with Gasteiger partial charge in [0.2, 0.25) is 0 Å². The van der Waals surface area contributed by atoms with Crippen LogP contribution in [0.3, 0.4) is 0 Å². The first-order chi connectivity index (χ1) is 7.02. The minimum absolute atomic E-state index is 0.449. The molecule has 0 saturated carbocycles. The van der Waals surface area contributed by atoms with Gasteiger partial charge in [-0.15, -0.1) is 8.58 Å². The van der Waals surface area contributed by atoms with Crippen molar-refractivity contribution in [3.05, 3.63) is 0 Å². The van der Waals surface area contributed by atoms with Crippen molar-refractivity contribution >= 4 is 8.58 Å². The summed E-state index contributed by atoms with van der Waals surface area (Å²) in [5.74, 6) is 0.767. The van der Waals surface area contributed by atoms with Gasteiger partial charge in [-0.05, 0) is 34.5 Å². The molecule has 0 aliphatic heterocycles. The zero-order chi connectivity index (χ0) is 13.2. The topological polar surface area (TPSA) is 0 Å². The molecule has 0 aromatic heterocycles. The van der Waals surface area contributed by atoms with Crippen molar-refractivity contribution in [1.29, 1.82) is 0 Å². The Balaban J connectivity index is 4.94. The van der Waals surface area contributed by atoms with Gasteiger partial charge < -0.3 is 0 Å². The second-order valence-electron chi connectivity index (χ2n) is 6.89. The SMILES string of the molecule is CCC(C)(CC)C(C)(C)PC(C)(C)C(C)C. The summed E-state index contributed by atoms with van der Waals surface area (Å²) in [6.45, 7) is 21.7. The summed E-state index contributed by atoms with van der Waals surface area (Å²) >= 11 is 0. The van der Waals surface area contributed by atoms with Crippen molar-refractivity contribution in [2.45, 2.75) is 85.5 Å². The Hall–Kier alpha value is 0.430. The van der Waals surface area contributed by atoms with E-state index in [1.807, 2.05) is 0 Å². The first-order valence-electron chi connectivity index (χ1n) is 6.81. The maximum atomic E-state index is 2.47. The first kappa shape index (κ1) is 16.4. The van der Waals surface area contributed by atoms with Gasteiger partial charge in [-0.25, -0.2) is 0 Å². The van der Waals surface area contributed by atoms with E-state index in [4.69, 9.17) is 0 Å². The molecule has 0 aromatic rings. The zero-order valence-electron chi connectivity index (χ0n) is 13.0. The molecule has 0 radical (unpaired) electrons. The van der Waals surface area contributed by atoms with Crippen LogP contribution in [0, 0.1) is 11.3 Å². The fourth-order valence-electron chi connectivity index (χ4n) is 2.23. The predicted molar refractivity (Wildman–Crippen MR) is 80.0 cm³/mol. The van der Waals surface area contributed by atoms with E-state index in [0.717, 1.165) is 14.5 Å². The van der Waals surface area contributed by atoms with Crippen molar-refractivity contribution in [3.8, 4) is 0 Å². The Morgan fingerprint density at radius 2 is 1.25 bits per heavy atom. The van der Waals surface area contributed by atoms with E-state index in [2.05, 4.69) is 62.3 Å². The maximum absolute atomic E-state index is 2.47.